The first-order valence-corrected chi connectivity index (χ1v) is 12.3. The summed E-state index contributed by atoms with van der Waals surface area (Å²) in [6.07, 6.45) is 1.03. The van der Waals surface area contributed by atoms with Crippen molar-refractivity contribution in [3.05, 3.63) is 40.6 Å². The Bertz CT molecular complexity index is 1190. The number of guanidine groups is 1. The highest BCUT2D eigenvalue weighted by atomic mass is 19.3. The van der Waals surface area contributed by atoms with Gasteiger partial charge in [0.25, 0.3) is 5.91 Å². The molecule has 36 heavy (non-hydrogen) atoms. The molecule has 1 aromatic rings. The molecule has 1 atom stereocenters. The number of halogens is 2. The molecule has 9 nitrogen and oxygen atoms in total. The zero-order valence-electron chi connectivity index (χ0n) is 20.4. The third-order valence-electron chi connectivity index (χ3n) is 7.70. The lowest BCUT2D eigenvalue weighted by Crippen LogP contribution is -2.53. The number of carbonyl (C=O) groups excluding carboxylic acids is 1. The molecule has 0 spiro atoms. The van der Waals surface area contributed by atoms with Crippen molar-refractivity contribution in [1.29, 1.82) is 0 Å². The van der Waals surface area contributed by atoms with Gasteiger partial charge in [0.1, 0.15) is 11.6 Å². The van der Waals surface area contributed by atoms with Gasteiger partial charge in [-0.2, -0.15) is 13.8 Å². The summed E-state index contributed by atoms with van der Waals surface area (Å²) in [5.74, 6) is -1.63. The summed E-state index contributed by atoms with van der Waals surface area (Å²) in [7, 11) is 1.58. The monoisotopic (exact) mass is 501 g/mol. The fraction of sp³-hybridized carbons (Fsp3) is 0.560. The SMILES string of the molecule is COC1(C(=O)N2CC3=C(C2)N2CCN=C2N=C3N[C@H](C)c2cccc3c2OCC3(F)F)CCOCC1. The first-order valence-electron chi connectivity index (χ1n) is 12.3. The molecule has 1 aromatic carbocycles. The van der Waals surface area contributed by atoms with Crippen molar-refractivity contribution in [1.82, 2.24) is 15.1 Å². The molecule has 0 aliphatic carbocycles. The number of amides is 1. The smallest absolute Gasteiger partial charge is 0.310 e. The molecule has 0 aromatic heterocycles. The lowest BCUT2D eigenvalue weighted by molar-refractivity contribution is -0.165. The molecular formula is C25H29F2N5O4. The maximum absolute atomic E-state index is 14.2. The van der Waals surface area contributed by atoms with Crippen LogP contribution in [0.1, 0.15) is 36.9 Å². The number of amidine groups is 1. The van der Waals surface area contributed by atoms with Crippen molar-refractivity contribution in [2.24, 2.45) is 9.98 Å². The number of nitrogens with one attached hydrogen (secondary N) is 1. The van der Waals surface area contributed by atoms with E-state index in [1.165, 1.54) is 6.07 Å². The Morgan fingerprint density at radius 2 is 2.06 bits per heavy atom. The van der Waals surface area contributed by atoms with Crippen LogP contribution in [-0.2, 0) is 20.2 Å². The van der Waals surface area contributed by atoms with Crippen LogP contribution in [0.4, 0.5) is 8.78 Å². The Hall–Kier alpha value is -3.05. The minimum atomic E-state index is -3.00. The predicted molar refractivity (Wildman–Crippen MR) is 127 cm³/mol. The number of rotatable bonds is 4. The van der Waals surface area contributed by atoms with Gasteiger partial charge in [0, 0.05) is 56.5 Å². The Labute approximate surface area is 207 Å². The van der Waals surface area contributed by atoms with Gasteiger partial charge >= 0.3 is 5.92 Å². The number of aliphatic imine (C=N–C) groups is 2. The Morgan fingerprint density at radius 1 is 1.25 bits per heavy atom. The highest BCUT2D eigenvalue weighted by molar-refractivity contribution is 6.11. The number of ether oxygens (including phenoxy) is 3. The lowest BCUT2D eigenvalue weighted by Gasteiger charge is -2.37. The largest absolute Gasteiger partial charge is 0.486 e. The van der Waals surface area contributed by atoms with E-state index in [1.807, 2.05) is 11.8 Å². The first-order chi connectivity index (χ1) is 17.3. The Balaban J connectivity index is 1.27. The highest BCUT2D eigenvalue weighted by Gasteiger charge is 2.47. The van der Waals surface area contributed by atoms with Crippen LogP contribution < -0.4 is 10.1 Å². The summed E-state index contributed by atoms with van der Waals surface area (Å²) in [6.45, 7) is 4.35. The standard InChI is InChI=1S/C25H29F2N5O4/c1-15(16-4-3-5-18-20(16)36-14-25(18,26)27)29-21-17-12-31(13-19(17)32-9-8-28-23(32)30-21)22(33)24(34-2)6-10-35-11-7-24/h3-5,15H,6-14H2,1-2H3,(H,28,29,30)/t15-/m1/s1. The van der Waals surface area contributed by atoms with E-state index in [0.29, 0.717) is 69.6 Å². The van der Waals surface area contributed by atoms with Crippen LogP contribution in [0.5, 0.6) is 5.75 Å². The van der Waals surface area contributed by atoms with Gasteiger partial charge in [0.2, 0.25) is 5.96 Å². The number of methoxy groups -OCH3 is 1. The van der Waals surface area contributed by atoms with Gasteiger partial charge in [-0.15, -0.1) is 0 Å². The van der Waals surface area contributed by atoms with Crippen LogP contribution in [0.15, 0.2) is 39.5 Å². The van der Waals surface area contributed by atoms with Gasteiger partial charge in [-0.3, -0.25) is 4.79 Å². The van der Waals surface area contributed by atoms with Crippen LogP contribution in [0.25, 0.3) is 0 Å². The quantitative estimate of drug-likeness (QED) is 0.681. The summed E-state index contributed by atoms with van der Waals surface area (Å²) >= 11 is 0. The van der Waals surface area contributed by atoms with Gasteiger partial charge in [0.15, 0.2) is 12.2 Å². The molecule has 1 fully saturated rings. The second-order valence-corrected chi connectivity index (χ2v) is 9.77. The van der Waals surface area contributed by atoms with E-state index >= 15 is 0 Å². The molecular weight excluding hydrogens is 472 g/mol. The molecule has 5 heterocycles. The summed E-state index contributed by atoms with van der Waals surface area (Å²) in [5.41, 5.74) is 1.55. The van der Waals surface area contributed by atoms with Crippen molar-refractivity contribution in [3.8, 4) is 5.75 Å². The molecule has 11 heteroatoms. The van der Waals surface area contributed by atoms with E-state index in [-0.39, 0.29) is 23.3 Å². The zero-order valence-corrected chi connectivity index (χ0v) is 20.4. The van der Waals surface area contributed by atoms with Gasteiger partial charge in [0.05, 0.1) is 31.2 Å². The fourth-order valence-corrected chi connectivity index (χ4v) is 5.65. The molecule has 5 aliphatic heterocycles. The number of carbonyl (C=O) groups is 1. The number of para-hydroxylation sites is 1. The average Bonchev–Trinajstić information content (AvgIpc) is 3.61. The van der Waals surface area contributed by atoms with Crippen LogP contribution in [0, 0.1) is 0 Å². The molecule has 1 amide bonds. The average molecular weight is 502 g/mol. The van der Waals surface area contributed by atoms with Gasteiger partial charge in [-0.25, -0.2) is 4.99 Å². The first kappa shape index (κ1) is 23.4. The molecule has 0 unspecified atom stereocenters. The van der Waals surface area contributed by atoms with Crippen LogP contribution in [-0.4, -0.2) is 86.2 Å². The molecule has 0 radical (unpaired) electrons. The molecule has 5 aliphatic rings. The van der Waals surface area contributed by atoms with E-state index in [1.54, 1.807) is 19.2 Å². The molecule has 0 bridgehead atoms. The second-order valence-electron chi connectivity index (χ2n) is 9.77. The van der Waals surface area contributed by atoms with E-state index < -0.39 is 18.1 Å². The third-order valence-corrected chi connectivity index (χ3v) is 7.70. The predicted octanol–water partition coefficient (Wildman–Crippen LogP) is 2.20. The number of fused-ring (bicyclic) bond motifs is 3. The lowest BCUT2D eigenvalue weighted by atomic mass is 9.92. The number of hydrogen-bond donors (Lipinski definition) is 1. The number of alkyl halides is 2. The minimum Gasteiger partial charge on any atom is -0.486 e. The number of nitrogens with zero attached hydrogens (tertiary/aromatic N) is 4. The maximum Gasteiger partial charge on any atom is 0.310 e. The van der Waals surface area contributed by atoms with Crippen molar-refractivity contribution in [3.63, 3.8) is 0 Å². The summed E-state index contributed by atoms with van der Waals surface area (Å²) in [6, 6.07) is 4.46. The van der Waals surface area contributed by atoms with Crippen molar-refractivity contribution in [2.75, 3.05) is 53.1 Å². The van der Waals surface area contributed by atoms with Gasteiger partial charge in [-0.05, 0) is 13.0 Å². The van der Waals surface area contributed by atoms with Crippen molar-refractivity contribution in [2.45, 2.75) is 37.3 Å². The molecule has 1 N–H and O–H groups in total. The number of hydrogen-bond acceptors (Lipinski definition) is 8. The van der Waals surface area contributed by atoms with Gasteiger partial charge in [-0.1, -0.05) is 12.1 Å². The van der Waals surface area contributed by atoms with Gasteiger partial charge < -0.3 is 29.3 Å². The summed E-state index contributed by atoms with van der Waals surface area (Å²) in [4.78, 5) is 26.8. The van der Waals surface area contributed by atoms with Crippen LogP contribution >= 0.6 is 0 Å². The van der Waals surface area contributed by atoms with Crippen molar-refractivity contribution >= 4 is 17.7 Å². The number of benzene rings is 1. The molecule has 1 saturated heterocycles. The third kappa shape index (κ3) is 3.59. The van der Waals surface area contributed by atoms with E-state index in [2.05, 4.69) is 15.2 Å². The Morgan fingerprint density at radius 3 is 2.83 bits per heavy atom. The van der Waals surface area contributed by atoms with Crippen LogP contribution in [0.2, 0.25) is 0 Å². The second kappa shape index (κ2) is 8.52. The Kier molecular flexibility index (Phi) is 5.52. The zero-order chi connectivity index (χ0) is 25.1. The fourth-order valence-electron chi connectivity index (χ4n) is 5.65. The van der Waals surface area contributed by atoms with Crippen molar-refractivity contribution < 1.29 is 27.8 Å². The maximum atomic E-state index is 14.2. The van der Waals surface area contributed by atoms with E-state index in [0.717, 1.165) is 11.3 Å². The summed E-state index contributed by atoms with van der Waals surface area (Å²) < 4.78 is 45.1. The van der Waals surface area contributed by atoms with E-state index in [9.17, 15) is 13.6 Å². The molecule has 0 saturated carbocycles. The highest BCUT2D eigenvalue weighted by Crippen LogP contribution is 2.45. The molecule has 192 valence electrons. The van der Waals surface area contributed by atoms with E-state index in [4.69, 9.17) is 19.2 Å². The summed E-state index contributed by atoms with van der Waals surface area (Å²) in [5, 5.41) is 3.41. The topological polar surface area (TPSA) is 88.0 Å². The minimum absolute atomic E-state index is 0.0516. The normalized spacial score (nSPS) is 24.4. The molecule has 6 rings (SSSR count). The van der Waals surface area contributed by atoms with Crippen LogP contribution in [0.3, 0.4) is 0 Å².